The van der Waals surface area contributed by atoms with E-state index in [0.717, 1.165) is 11.3 Å². The molecule has 2 atom stereocenters. The highest BCUT2D eigenvalue weighted by atomic mass is 16.6. The number of carboxylic acids is 1. The van der Waals surface area contributed by atoms with Crippen LogP contribution in [-0.4, -0.2) is 52.8 Å². The van der Waals surface area contributed by atoms with E-state index < -0.39 is 29.1 Å². The predicted molar refractivity (Wildman–Crippen MR) is 109 cm³/mol. The van der Waals surface area contributed by atoms with Gasteiger partial charge in [0.2, 0.25) is 0 Å². The Kier molecular flexibility index (Phi) is 9.04. The van der Waals surface area contributed by atoms with Gasteiger partial charge in [0.05, 0.1) is 11.0 Å². The van der Waals surface area contributed by atoms with Crippen molar-refractivity contribution in [3.05, 3.63) is 39.9 Å². The van der Waals surface area contributed by atoms with Crippen LogP contribution in [0.3, 0.4) is 0 Å². The van der Waals surface area contributed by atoms with Gasteiger partial charge in [-0.05, 0) is 37.0 Å². The van der Waals surface area contributed by atoms with Crippen LogP contribution in [0.1, 0.15) is 51.0 Å². The molecule has 2 unspecified atom stereocenters. The zero-order valence-corrected chi connectivity index (χ0v) is 17.5. The first-order valence-electron chi connectivity index (χ1n) is 10.3. The lowest BCUT2D eigenvalue weighted by molar-refractivity contribution is -0.384. The number of nitro benzene ring substituents is 1. The Morgan fingerprint density at radius 2 is 1.87 bits per heavy atom. The van der Waals surface area contributed by atoms with Gasteiger partial charge in [-0.3, -0.25) is 15.0 Å². The highest BCUT2D eigenvalue weighted by molar-refractivity contribution is 5.80. The Hall–Kier alpha value is -2.68. The van der Waals surface area contributed by atoms with Crippen LogP contribution in [0.25, 0.3) is 0 Å². The van der Waals surface area contributed by atoms with Gasteiger partial charge < -0.3 is 14.6 Å². The summed E-state index contributed by atoms with van der Waals surface area (Å²) in [5.41, 5.74) is 0.498. The maximum Gasteiger partial charge on any atom is 0.410 e. The van der Waals surface area contributed by atoms with Crippen LogP contribution < -0.4 is 0 Å². The number of ether oxygens (including phenoxy) is 2. The number of likely N-dealkylation sites (N-methyl/N-ethyl adjacent to an activating group) is 1. The largest absolute Gasteiger partial charge is 0.480 e. The van der Waals surface area contributed by atoms with Crippen molar-refractivity contribution >= 4 is 17.7 Å². The summed E-state index contributed by atoms with van der Waals surface area (Å²) in [6.07, 6.45) is 5.53. The predicted octanol–water partition coefficient (Wildman–Crippen LogP) is 3.99. The number of amides is 1. The quantitative estimate of drug-likeness (QED) is 0.447. The van der Waals surface area contributed by atoms with Crippen molar-refractivity contribution in [2.45, 2.75) is 64.2 Å². The van der Waals surface area contributed by atoms with Gasteiger partial charge in [0.1, 0.15) is 6.61 Å². The standard InChI is InChI=1S/C21H30N2O7/c1-15(29-13-12-16-6-4-3-5-7-16)19(20(24)25)22(2)21(26)30-14-17-8-10-18(11-9-17)23(27)28/h8-11,15-16,19H,3-7,12-14H2,1-2H3,(H,24,25). The lowest BCUT2D eigenvalue weighted by atomic mass is 9.87. The van der Waals surface area contributed by atoms with Gasteiger partial charge in [-0.2, -0.15) is 0 Å². The monoisotopic (exact) mass is 422 g/mol. The molecule has 9 heteroatoms. The van der Waals surface area contributed by atoms with E-state index in [4.69, 9.17) is 9.47 Å². The second-order valence-electron chi connectivity index (χ2n) is 7.74. The number of carbonyl (C=O) groups is 2. The summed E-state index contributed by atoms with van der Waals surface area (Å²) in [5.74, 6) is -0.548. The Labute approximate surface area is 176 Å². The molecule has 1 saturated carbocycles. The summed E-state index contributed by atoms with van der Waals surface area (Å²) in [4.78, 5) is 35.3. The molecule has 0 radical (unpaired) electrons. The van der Waals surface area contributed by atoms with E-state index in [-0.39, 0.29) is 12.3 Å². The minimum Gasteiger partial charge on any atom is -0.480 e. The van der Waals surface area contributed by atoms with E-state index >= 15 is 0 Å². The molecule has 1 amide bonds. The van der Waals surface area contributed by atoms with Crippen molar-refractivity contribution in [1.82, 2.24) is 4.90 Å². The number of rotatable bonds is 10. The highest BCUT2D eigenvalue weighted by Crippen LogP contribution is 2.26. The molecule has 2 rings (SSSR count). The van der Waals surface area contributed by atoms with Crippen molar-refractivity contribution in [3.8, 4) is 0 Å². The first kappa shape index (κ1) is 23.6. The Bertz CT molecular complexity index is 717. The molecule has 0 spiro atoms. The summed E-state index contributed by atoms with van der Waals surface area (Å²) >= 11 is 0. The van der Waals surface area contributed by atoms with E-state index in [0.29, 0.717) is 18.1 Å². The maximum atomic E-state index is 12.3. The Morgan fingerprint density at radius 3 is 2.43 bits per heavy atom. The zero-order chi connectivity index (χ0) is 22.1. The van der Waals surface area contributed by atoms with E-state index in [2.05, 4.69) is 0 Å². The van der Waals surface area contributed by atoms with Gasteiger partial charge in [-0.15, -0.1) is 0 Å². The van der Waals surface area contributed by atoms with Gasteiger partial charge in [0.25, 0.3) is 5.69 Å². The van der Waals surface area contributed by atoms with Crippen LogP contribution in [0, 0.1) is 16.0 Å². The van der Waals surface area contributed by atoms with Crippen LogP contribution in [0.4, 0.5) is 10.5 Å². The molecular formula is C21H30N2O7. The number of carboxylic acid groups (broad SMARTS) is 1. The van der Waals surface area contributed by atoms with Crippen molar-refractivity contribution in [2.24, 2.45) is 5.92 Å². The molecule has 0 aliphatic heterocycles. The van der Waals surface area contributed by atoms with Gasteiger partial charge in [-0.1, -0.05) is 32.1 Å². The molecule has 0 aromatic heterocycles. The third-order valence-electron chi connectivity index (χ3n) is 5.54. The number of carbonyl (C=O) groups excluding carboxylic acids is 1. The van der Waals surface area contributed by atoms with Gasteiger partial charge >= 0.3 is 12.1 Å². The number of nitrogens with zero attached hydrogens (tertiary/aromatic N) is 2. The van der Waals surface area contributed by atoms with Crippen molar-refractivity contribution < 1.29 is 29.1 Å². The van der Waals surface area contributed by atoms with Crippen LogP contribution in [0.15, 0.2) is 24.3 Å². The molecule has 1 aromatic carbocycles. The third-order valence-corrected chi connectivity index (χ3v) is 5.54. The van der Waals surface area contributed by atoms with Crippen LogP contribution in [0.2, 0.25) is 0 Å². The maximum absolute atomic E-state index is 12.3. The molecule has 0 bridgehead atoms. The smallest absolute Gasteiger partial charge is 0.410 e. The van der Waals surface area contributed by atoms with E-state index in [9.17, 15) is 24.8 Å². The molecule has 1 aliphatic carbocycles. The Balaban J connectivity index is 1.84. The highest BCUT2D eigenvalue weighted by Gasteiger charge is 2.33. The molecule has 1 N–H and O–H groups in total. The number of non-ortho nitro benzene ring substituents is 1. The van der Waals surface area contributed by atoms with Crippen LogP contribution in [0.5, 0.6) is 0 Å². The molecule has 30 heavy (non-hydrogen) atoms. The van der Waals surface area contributed by atoms with Crippen molar-refractivity contribution in [2.75, 3.05) is 13.7 Å². The lowest BCUT2D eigenvalue weighted by Gasteiger charge is -2.29. The number of hydrogen-bond acceptors (Lipinski definition) is 6. The first-order valence-corrected chi connectivity index (χ1v) is 10.3. The van der Waals surface area contributed by atoms with Crippen LogP contribution in [-0.2, 0) is 20.9 Å². The minimum absolute atomic E-state index is 0.0627. The average molecular weight is 422 g/mol. The van der Waals surface area contributed by atoms with Crippen LogP contribution >= 0.6 is 0 Å². The molecule has 1 aliphatic rings. The summed E-state index contributed by atoms with van der Waals surface area (Å²) in [6.45, 7) is 1.98. The first-order chi connectivity index (χ1) is 14.3. The lowest BCUT2D eigenvalue weighted by Crippen LogP contribution is -2.49. The Morgan fingerprint density at radius 1 is 1.23 bits per heavy atom. The second-order valence-corrected chi connectivity index (χ2v) is 7.74. The SMILES string of the molecule is CC(OCCC1CCCCC1)C(C(=O)O)N(C)C(=O)OCc1ccc([N+](=O)[O-])cc1. The molecular weight excluding hydrogens is 392 g/mol. The summed E-state index contributed by atoms with van der Waals surface area (Å²) in [6, 6.07) is 4.42. The van der Waals surface area contributed by atoms with Gasteiger partial charge in [-0.25, -0.2) is 9.59 Å². The fraction of sp³-hybridized carbons (Fsp3) is 0.619. The third kappa shape index (κ3) is 6.98. The summed E-state index contributed by atoms with van der Waals surface area (Å²) < 4.78 is 10.9. The second kappa shape index (κ2) is 11.5. The molecule has 1 aromatic rings. The van der Waals surface area contributed by atoms with Crippen molar-refractivity contribution in [3.63, 3.8) is 0 Å². The zero-order valence-electron chi connectivity index (χ0n) is 17.5. The summed E-state index contributed by atoms with van der Waals surface area (Å²) in [5, 5.41) is 20.3. The van der Waals surface area contributed by atoms with Crippen molar-refractivity contribution in [1.29, 1.82) is 0 Å². The topological polar surface area (TPSA) is 119 Å². The molecule has 0 heterocycles. The molecule has 166 valence electrons. The van der Waals surface area contributed by atoms with E-state index in [1.807, 2.05) is 0 Å². The summed E-state index contributed by atoms with van der Waals surface area (Å²) in [7, 11) is 1.36. The molecule has 0 saturated heterocycles. The average Bonchev–Trinajstić information content (AvgIpc) is 2.72. The number of aliphatic carboxylic acids is 1. The van der Waals surface area contributed by atoms with Gasteiger partial charge in [0, 0.05) is 25.8 Å². The number of benzene rings is 1. The number of nitro groups is 1. The number of hydrogen-bond donors (Lipinski definition) is 1. The van der Waals surface area contributed by atoms with E-state index in [1.54, 1.807) is 6.92 Å². The minimum atomic E-state index is -1.18. The fourth-order valence-corrected chi connectivity index (χ4v) is 3.74. The van der Waals surface area contributed by atoms with E-state index in [1.165, 1.54) is 63.4 Å². The molecule has 1 fully saturated rings. The molecule has 9 nitrogen and oxygen atoms in total. The van der Waals surface area contributed by atoms with Gasteiger partial charge in [0.15, 0.2) is 6.04 Å². The fourth-order valence-electron chi connectivity index (χ4n) is 3.74. The normalized spacial score (nSPS) is 16.5.